The van der Waals surface area contributed by atoms with Gasteiger partial charge in [0.15, 0.2) is 0 Å². The predicted octanol–water partition coefficient (Wildman–Crippen LogP) is 1.09. The van der Waals surface area contributed by atoms with E-state index in [0.29, 0.717) is 5.76 Å². The summed E-state index contributed by atoms with van der Waals surface area (Å²) in [7, 11) is 0. The molecule has 2 N–H and O–H groups in total. The topological polar surface area (TPSA) is 104 Å². The van der Waals surface area contributed by atoms with E-state index in [4.69, 9.17) is 4.42 Å². The van der Waals surface area contributed by atoms with E-state index in [0.717, 1.165) is 30.5 Å². The average Bonchev–Trinajstić information content (AvgIpc) is 2.93. The standard InChI is InChI=1S/C16H20N4O4/c21-14-13(10-17-19-7-3-1-2-4-8-19)15(22)20(16(23)18-14)11-12-6-5-9-24-12/h5-6,9-10,22H,1-4,7-8,11H2,(H,18,21,23). The quantitative estimate of drug-likeness (QED) is 0.816. The van der Waals surface area contributed by atoms with Crippen molar-refractivity contribution in [3.05, 3.63) is 50.6 Å². The van der Waals surface area contributed by atoms with E-state index in [9.17, 15) is 14.7 Å². The molecule has 8 nitrogen and oxygen atoms in total. The largest absolute Gasteiger partial charge is 0.494 e. The van der Waals surface area contributed by atoms with Crippen LogP contribution in [0.15, 0.2) is 37.5 Å². The SMILES string of the molecule is O=c1[nH]c(=O)n(Cc2ccco2)c(O)c1C=NN1CCCCCC1. The summed E-state index contributed by atoms with van der Waals surface area (Å²) >= 11 is 0. The second-order valence-corrected chi connectivity index (χ2v) is 5.77. The molecule has 3 rings (SSSR count). The van der Waals surface area contributed by atoms with Crippen molar-refractivity contribution >= 4 is 6.21 Å². The molecule has 3 heterocycles. The van der Waals surface area contributed by atoms with Crippen molar-refractivity contribution in [1.29, 1.82) is 0 Å². The summed E-state index contributed by atoms with van der Waals surface area (Å²) in [6.45, 7) is 1.67. The van der Waals surface area contributed by atoms with Crippen molar-refractivity contribution in [2.24, 2.45) is 5.10 Å². The number of rotatable bonds is 4. The van der Waals surface area contributed by atoms with Gasteiger partial charge in [-0.1, -0.05) is 12.8 Å². The molecule has 1 saturated heterocycles. The normalized spacial score (nSPS) is 15.8. The lowest BCUT2D eigenvalue weighted by Crippen LogP contribution is -2.32. The van der Waals surface area contributed by atoms with Gasteiger partial charge in [-0.3, -0.25) is 19.4 Å². The number of H-pyrrole nitrogens is 1. The van der Waals surface area contributed by atoms with Crippen LogP contribution in [0.3, 0.4) is 0 Å². The van der Waals surface area contributed by atoms with Gasteiger partial charge in [0, 0.05) is 13.1 Å². The first-order valence-corrected chi connectivity index (χ1v) is 8.02. The molecule has 0 amide bonds. The Morgan fingerprint density at radius 2 is 2.00 bits per heavy atom. The number of nitrogens with one attached hydrogen (secondary N) is 1. The molecule has 24 heavy (non-hydrogen) atoms. The summed E-state index contributed by atoms with van der Waals surface area (Å²) in [6.07, 6.45) is 7.25. The molecule has 1 fully saturated rings. The third kappa shape index (κ3) is 3.58. The third-order valence-electron chi connectivity index (χ3n) is 4.03. The summed E-state index contributed by atoms with van der Waals surface area (Å²) in [5.41, 5.74) is -1.39. The molecular formula is C16H20N4O4. The Hall–Kier alpha value is -2.77. The van der Waals surface area contributed by atoms with Crippen LogP contribution in [-0.2, 0) is 6.54 Å². The third-order valence-corrected chi connectivity index (χ3v) is 4.03. The van der Waals surface area contributed by atoms with Gasteiger partial charge in [-0.2, -0.15) is 5.10 Å². The summed E-state index contributed by atoms with van der Waals surface area (Å²) in [5.74, 6) is 0.0774. The maximum atomic E-state index is 12.0. The van der Waals surface area contributed by atoms with E-state index < -0.39 is 17.1 Å². The van der Waals surface area contributed by atoms with E-state index in [2.05, 4.69) is 10.1 Å². The van der Waals surface area contributed by atoms with Crippen molar-refractivity contribution in [2.75, 3.05) is 13.1 Å². The lowest BCUT2D eigenvalue weighted by atomic mass is 10.2. The molecule has 128 valence electrons. The van der Waals surface area contributed by atoms with Gasteiger partial charge in [0.25, 0.3) is 5.56 Å². The van der Waals surface area contributed by atoms with Gasteiger partial charge < -0.3 is 9.52 Å². The molecule has 8 heteroatoms. The Balaban J connectivity index is 1.89. The van der Waals surface area contributed by atoms with Crippen LogP contribution in [0.1, 0.15) is 37.0 Å². The zero-order valence-electron chi connectivity index (χ0n) is 13.3. The maximum absolute atomic E-state index is 12.0. The minimum Gasteiger partial charge on any atom is -0.494 e. The molecule has 0 aliphatic carbocycles. The minimum absolute atomic E-state index is 0.0268. The maximum Gasteiger partial charge on any atom is 0.331 e. The van der Waals surface area contributed by atoms with Crippen molar-refractivity contribution in [3.8, 4) is 5.88 Å². The second kappa shape index (κ2) is 7.20. The molecule has 0 bridgehead atoms. The van der Waals surface area contributed by atoms with Crippen LogP contribution < -0.4 is 11.2 Å². The van der Waals surface area contributed by atoms with Gasteiger partial charge in [0.05, 0.1) is 19.0 Å². The van der Waals surface area contributed by atoms with E-state index >= 15 is 0 Å². The number of nitrogens with zero attached hydrogens (tertiary/aromatic N) is 3. The summed E-state index contributed by atoms with van der Waals surface area (Å²) < 4.78 is 6.23. The Kier molecular flexibility index (Phi) is 4.83. The van der Waals surface area contributed by atoms with Crippen molar-refractivity contribution in [3.63, 3.8) is 0 Å². The first kappa shape index (κ1) is 16.1. The molecule has 0 aromatic carbocycles. The highest BCUT2D eigenvalue weighted by molar-refractivity contribution is 5.81. The van der Waals surface area contributed by atoms with Crippen LogP contribution in [0.4, 0.5) is 0 Å². The van der Waals surface area contributed by atoms with Crippen LogP contribution in [0.25, 0.3) is 0 Å². The molecule has 2 aromatic rings. The van der Waals surface area contributed by atoms with Crippen molar-refractivity contribution < 1.29 is 9.52 Å². The highest BCUT2D eigenvalue weighted by Crippen LogP contribution is 2.13. The highest BCUT2D eigenvalue weighted by Gasteiger charge is 2.14. The monoisotopic (exact) mass is 332 g/mol. The summed E-state index contributed by atoms with van der Waals surface area (Å²) in [6, 6.07) is 3.37. The Morgan fingerprint density at radius 1 is 1.25 bits per heavy atom. The smallest absolute Gasteiger partial charge is 0.331 e. The van der Waals surface area contributed by atoms with E-state index in [1.54, 1.807) is 12.1 Å². The lowest BCUT2D eigenvalue weighted by Gasteiger charge is -2.15. The number of hydrogen-bond donors (Lipinski definition) is 2. The Bertz CT molecular complexity index is 812. The number of hydrogen-bond acceptors (Lipinski definition) is 6. The Morgan fingerprint density at radius 3 is 2.67 bits per heavy atom. The zero-order valence-corrected chi connectivity index (χ0v) is 13.3. The molecule has 1 aliphatic rings. The molecular weight excluding hydrogens is 312 g/mol. The molecule has 0 unspecified atom stereocenters. The highest BCUT2D eigenvalue weighted by atomic mass is 16.3. The van der Waals surface area contributed by atoms with Gasteiger partial charge in [-0.25, -0.2) is 4.79 Å². The van der Waals surface area contributed by atoms with E-state index in [1.807, 2.05) is 5.01 Å². The van der Waals surface area contributed by atoms with Gasteiger partial charge >= 0.3 is 5.69 Å². The molecule has 0 radical (unpaired) electrons. The van der Waals surface area contributed by atoms with Crippen LogP contribution >= 0.6 is 0 Å². The van der Waals surface area contributed by atoms with E-state index in [1.165, 1.54) is 25.3 Å². The minimum atomic E-state index is -0.694. The molecule has 2 aromatic heterocycles. The zero-order chi connectivity index (χ0) is 16.9. The van der Waals surface area contributed by atoms with E-state index in [-0.39, 0.29) is 12.1 Å². The molecule has 0 saturated carbocycles. The van der Waals surface area contributed by atoms with Gasteiger partial charge in [0.1, 0.15) is 11.3 Å². The van der Waals surface area contributed by atoms with Crippen LogP contribution in [0.2, 0.25) is 0 Å². The lowest BCUT2D eigenvalue weighted by molar-refractivity contribution is 0.302. The first-order chi connectivity index (χ1) is 11.6. The predicted molar refractivity (Wildman–Crippen MR) is 88.4 cm³/mol. The van der Waals surface area contributed by atoms with Gasteiger partial charge in [-0.05, 0) is 25.0 Å². The van der Waals surface area contributed by atoms with Crippen molar-refractivity contribution in [1.82, 2.24) is 14.6 Å². The number of aromatic hydroxyl groups is 1. The van der Waals surface area contributed by atoms with Crippen molar-refractivity contribution in [2.45, 2.75) is 32.2 Å². The fraction of sp³-hybridized carbons (Fsp3) is 0.438. The summed E-state index contributed by atoms with van der Waals surface area (Å²) in [4.78, 5) is 26.1. The van der Waals surface area contributed by atoms with Crippen LogP contribution in [0, 0.1) is 0 Å². The van der Waals surface area contributed by atoms with Gasteiger partial charge in [0.2, 0.25) is 5.88 Å². The fourth-order valence-electron chi connectivity index (χ4n) is 2.71. The Labute approximate surface area is 138 Å². The average molecular weight is 332 g/mol. The number of aromatic amines is 1. The first-order valence-electron chi connectivity index (χ1n) is 8.02. The number of furan rings is 1. The van der Waals surface area contributed by atoms with Crippen LogP contribution in [0.5, 0.6) is 5.88 Å². The second-order valence-electron chi connectivity index (χ2n) is 5.77. The summed E-state index contributed by atoms with van der Waals surface area (Å²) in [5, 5.41) is 16.5. The molecule has 1 aliphatic heterocycles. The molecule has 0 atom stereocenters. The van der Waals surface area contributed by atoms with Gasteiger partial charge in [-0.15, -0.1) is 0 Å². The fourth-order valence-corrected chi connectivity index (χ4v) is 2.71. The number of aromatic nitrogens is 2. The van der Waals surface area contributed by atoms with Crippen LogP contribution in [-0.4, -0.2) is 39.0 Å². The number of hydrazone groups is 1. The molecule has 0 spiro atoms.